The fourth-order valence-corrected chi connectivity index (χ4v) is 8.01. The Morgan fingerprint density at radius 1 is 1.14 bits per heavy atom. The first-order valence-electron chi connectivity index (χ1n) is 13.0. The average molecular weight is 505 g/mol. The lowest BCUT2D eigenvalue weighted by molar-refractivity contribution is -0.228. The summed E-state index contributed by atoms with van der Waals surface area (Å²) in [4.78, 5) is 50.3. The predicted molar refractivity (Wildman–Crippen MR) is 128 cm³/mol. The smallest absolute Gasteiger partial charge is 0.306 e. The molecule has 0 saturated heterocycles. The SMILES string of the molecule is CCC(=O)OCC(=O)[C@@]1(OC(=O)CC)[C@@H](C)C[C@@H]2[C@@H]3CCC4=CC(=O)C=C[C@]4(C)[C@@]3(F)[C@H](O)C[C@@]21C. The van der Waals surface area contributed by atoms with Crippen LogP contribution in [0.1, 0.15) is 73.1 Å². The number of rotatable bonds is 6. The number of alkyl halides is 1. The molecule has 4 aliphatic rings. The number of fused-ring (bicyclic) bond motifs is 5. The number of allylic oxidation sites excluding steroid dienone is 4. The van der Waals surface area contributed by atoms with Gasteiger partial charge in [0.2, 0.25) is 5.78 Å². The van der Waals surface area contributed by atoms with Crippen molar-refractivity contribution in [1.29, 1.82) is 0 Å². The predicted octanol–water partition coefficient (Wildman–Crippen LogP) is 3.82. The Morgan fingerprint density at radius 2 is 1.81 bits per heavy atom. The second-order valence-electron chi connectivity index (χ2n) is 11.4. The van der Waals surface area contributed by atoms with Crippen molar-refractivity contribution in [3.8, 4) is 0 Å². The molecule has 198 valence electrons. The van der Waals surface area contributed by atoms with E-state index in [4.69, 9.17) is 9.47 Å². The normalized spacial score (nSPS) is 43.1. The van der Waals surface area contributed by atoms with E-state index in [-0.39, 0.29) is 31.0 Å². The summed E-state index contributed by atoms with van der Waals surface area (Å²) >= 11 is 0. The zero-order chi connectivity index (χ0) is 26.7. The second-order valence-corrected chi connectivity index (χ2v) is 11.4. The number of aliphatic hydroxyl groups is 1. The molecule has 0 aromatic rings. The molecule has 0 radical (unpaired) electrons. The van der Waals surface area contributed by atoms with Crippen LogP contribution >= 0.6 is 0 Å². The maximum absolute atomic E-state index is 17.4. The molecule has 4 aliphatic carbocycles. The van der Waals surface area contributed by atoms with E-state index >= 15 is 4.39 Å². The Labute approximate surface area is 211 Å². The quantitative estimate of drug-likeness (QED) is 0.548. The van der Waals surface area contributed by atoms with Crippen LogP contribution in [0.25, 0.3) is 0 Å². The number of hydrogen-bond acceptors (Lipinski definition) is 7. The van der Waals surface area contributed by atoms with Crippen LogP contribution in [0.5, 0.6) is 0 Å². The van der Waals surface area contributed by atoms with E-state index in [1.807, 2.05) is 6.92 Å². The van der Waals surface area contributed by atoms with Crippen molar-refractivity contribution in [3.05, 3.63) is 23.8 Å². The van der Waals surface area contributed by atoms with E-state index in [0.717, 1.165) is 0 Å². The van der Waals surface area contributed by atoms with Gasteiger partial charge in [-0.2, -0.15) is 0 Å². The van der Waals surface area contributed by atoms with Crippen molar-refractivity contribution >= 4 is 23.5 Å². The summed E-state index contributed by atoms with van der Waals surface area (Å²) in [5, 5.41) is 11.5. The second kappa shape index (κ2) is 8.89. The third-order valence-corrected chi connectivity index (χ3v) is 9.81. The molecule has 0 aromatic heterocycles. The number of Topliss-reactive ketones (excluding diaryl/α,β-unsaturated/α-hetero) is 1. The van der Waals surface area contributed by atoms with Gasteiger partial charge in [-0.1, -0.05) is 39.3 Å². The first-order valence-corrected chi connectivity index (χ1v) is 13.0. The van der Waals surface area contributed by atoms with Gasteiger partial charge < -0.3 is 14.6 Å². The molecule has 8 atom stereocenters. The molecule has 0 spiro atoms. The Balaban J connectivity index is 1.80. The van der Waals surface area contributed by atoms with Crippen LogP contribution in [0.4, 0.5) is 4.39 Å². The lowest BCUT2D eigenvalue weighted by atomic mass is 9.44. The van der Waals surface area contributed by atoms with E-state index in [2.05, 4.69) is 0 Å². The van der Waals surface area contributed by atoms with Gasteiger partial charge in [0.05, 0.1) is 6.10 Å². The summed E-state index contributed by atoms with van der Waals surface area (Å²) in [5.74, 6) is -3.31. The number of hydrogen-bond donors (Lipinski definition) is 1. The van der Waals surface area contributed by atoms with Crippen LogP contribution in [0.2, 0.25) is 0 Å². The third-order valence-electron chi connectivity index (χ3n) is 9.81. The number of aliphatic hydroxyl groups excluding tert-OH is 1. The molecule has 0 aliphatic heterocycles. The number of esters is 2. The largest absolute Gasteiger partial charge is 0.457 e. The first kappa shape index (κ1) is 26.7. The Hall–Kier alpha value is -2.35. The number of halogens is 1. The highest BCUT2D eigenvalue weighted by Crippen LogP contribution is 2.71. The van der Waals surface area contributed by atoms with Gasteiger partial charge in [0.1, 0.15) is 0 Å². The molecule has 36 heavy (non-hydrogen) atoms. The molecule has 0 amide bonds. The molecule has 0 bridgehead atoms. The van der Waals surface area contributed by atoms with Crippen molar-refractivity contribution in [2.75, 3.05) is 6.61 Å². The van der Waals surface area contributed by atoms with Gasteiger partial charge >= 0.3 is 11.9 Å². The minimum absolute atomic E-state index is 0.0430. The number of carbonyl (C=O) groups excluding carboxylic acids is 4. The molecule has 0 aromatic carbocycles. The third kappa shape index (κ3) is 3.39. The van der Waals surface area contributed by atoms with Crippen molar-refractivity contribution < 1.29 is 38.1 Å². The minimum Gasteiger partial charge on any atom is -0.457 e. The van der Waals surface area contributed by atoms with Crippen LogP contribution in [-0.4, -0.2) is 52.6 Å². The van der Waals surface area contributed by atoms with Crippen molar-refractivity contribution in [2.24, 2.45) is 28.6 Å². The van der Waals surface area contributed by atoms with Crippen LogP contribution < -0.4 is 0 Å². The average Bonchev–Trinajstić information content (AvgIpc) is 3.05. The van der Waals surface area contributed by atoms with E-state index in [9.17, 15) is 24.3 Å². The van der Waals surface area contributed by atoms with Crippen LogP contribution in [0.15, 0.2) is 23.8 Å². The maximum atomic E-state index is 17.4. The highest BCUT2D eigenvalue weighted by molar-refractivity contribution is 6.01. The van der Waals surface area contributed by atoms with E-state index < -0.39 is 64.4 Å². The number of ketones is 2. The van der Waals surface area contributed by atoms with Gasteiger partial charge in [-0.15, -0.1) is 0 Å². The van der Waals surface area contributed by atoms with Gasteiger partial charge in [-0.25, -0.2) is 4.39 Å². The van der Waals surface area contributed by atoms with Crippen molar-refractivity contribution in [2.45, 2.75) is 90.5 Å². The summed E-state index contributed by atoms with van der Waals surface area (Å²) in [6, 6.07) is 0. The highest BCUT2D eigenvalue weighted by atomic mass is 19.1. The molecule has 1 N–H and O–H groups in total. The molecule has 3 fully saturated rings. The fourth-order valence-electron chi connectivity index (χ4n) is 8.01. The lowest BCUT2D eigenvalue weighted by Gasteiger charge is -2.62. The molecular formula is C28H37FO7. The first-order chi connectivity index (χ1) is 16.8. The van der Waals surface area contributed by atoms with Crippen molar-refractivity contribution in [1.82, 2.24) is 0 Å². The summed E-state index contributed by atoms with van der Waals surface area (Å²) in [6.07, 6.45) is 4.32. The van der Waals surface area contributed by atoms with Gasteiger partial charge in [0.25, 0.3) is 0 Å². The van der Waals surface area contributed by atoms with Gasteiger partial charge in [0.15, 0.2) is 23.7 Å². The van der Waals surface area contributed by atoms with Crippen molar-refractivity contribution in [3.63, 3.8) is 0 Å². The molecule has 0 heterocycles. The molecule has 0 unspecified atom stereocenters. The fraction of sp³-hybridized carbons (Fsp3) is 0.714. The van der Waals surface area contributed by atoms with Crippen LogP contribution in [0.3, 0.4) is 0 Å². The van der Waals surface area contributed by atoms with E-state index in [1.54, 1.807) is 33.8 Å². The van der Waals surface area contributed by atoms with Gasteiger partial charge in [-0.05, 0) is 50.7 Å². The number of ether oxygens (including phenoxy) is 2. The standard InChI is InChI=1S/C28H37FO7/c1-6-23(33)35-15-22(32)28(36-24(34)7-2)16(3)12-20-19-9-8-17-13-18(30)10-11-25(17,4)27(19,29)21(31)14-26(20,28)5/h10-11,13,16,19-21,31H,6-9,12,14-15H2,1-5H3/t16-,19-,20+,21+,25-,26-,27-,28-/m0/s1. The van der Waals surface area contributed by atoms with Gasteiger partial charge in [0, 0.05) is 35.5 Å². The Bertz CT molecular complexity index is 1050. The highest BCUT2D eigenvalue weighted by Gasteiger charge is 2.77. The topological polar surface area (TPSA) is 107 Å². The molecule has 3 saturated carbocycles. The van der Waals surface area contributed by atoms with Gasteiger partial charge in [-0.3, -0.25) is 19.2 Å². The Morgan fingerprint density at radius 3 is 2.44 bits per heavy atom. The summed E-state index contributed by atoms with van der Waals surface area (Å²) < 4.78 is 28.5. The summed E-state index contributed by atoms with van der Waals surface area (Å²) in [5.41, 5.74) is -5.26. The molecule has 4 rings (SSSR count). The summed E-state index contributed by atoms with van der Waals surface area (Å²) in [7, 11) is 0. The molecule has 8 heteroatoms. The molecule has 7 nitrogen and oxygen atoms in total. The number of carbonyl (C=O) groups is 4. The molecular weight excluding hydrogens is 467 g/mol. The zero-order valence-electron chi connectivity index (χ0n) is 21.8. The monoisotopic (exact) mass is 504 g/mol. The maximum Gasteiger partial charge on any atom is 0.306 e. The van der Waals surface area contributed by atoms with Crippen LogP contribution in [0, 0.1) is 28.6 Å². The summed E-state index contributed by atoms with van der Waals surface area (Å²) in [6.45, 7) is 8.05. The zero-order valence-corrected chi connectivity index (χ0v) is 21.8. The van der Waals surface area contributed by atoms with Crippen LogP contribution in [-0.2, 0) is 28.7 Å². The lowest BCUT2D eigenvalue weighted by Crippen LogP contribution is -2.70. The van der Waals surface area contributed by atoms with E-state index in [0.29, 0.717) is 24.8 Å². The van der Waals surface area contributed by atoms with E-state index in [1.165, 1.54) is 12.2 Å². The minimum atomic E-state index is -2.05. The Kier molecular flexibility index (Phi) is 6.60.